The maximum atomic E-state index is 12.8. The van der Waals surface area contributed by atoms with Gasteiger partial charge in [0.1, 0.15) is 5.82 Å². The van der Waals surface area contributed by atoms with Crippen LogP contribution in [-0.2, 0) is 0 Å². The number of amides is 1. The number of nitrogens with zero attached hydrogens (tertiary/aromatic N) is 2. The average Bonchev–Trinajstić information content (AvgIpc) is 2.95. The number of carbonyl (C=O) groups is 1. The van der Waals surface area contributed by atoms with Crippen LogP contribution >= 0.6 is 0 Å². The molecule has 0 saturated carbocycles. The van der Waals surface area contributed by atoms with Crippen molar-refractivity contribution in [1.82, 2.24) is 9.99 Å². The molecular weight excluding hydrogens is 317 g/mol. The number of aryl methyl sites for hydroxylation is 2. The van der Waals surface area contributed by atoms with Crippen LogP contribution in [0.15, 0.2) is 65.8 Å². The van der Waals surface area contributed by atoms with Gasteiger partial charge in [0, 0.05) is 22.6 Å². The number of hydrazone groups is 1. The van der Waals surface area contributed by atoms with E-state index in [1.807, 2.05) is 26.0 Å². The molecule has 1 heterocycles. The van der Waals surface area contributed by atoms with Crippen LogP contribution in [0, 0.1) is 19.7 Å². The standard InChI is InChI=1S/C20H18FN3O/c1-14-3-4-15(2)24(14)19-11-7-17(8-12-19)20(25)23-22-13-16-5-9-18(21)10-6-16/h3-13H,1-2H3,(H,23,25). The predicted molar refractivity (Wildman–Crippen MR) is 96.7 cm³/mol. The Morgan fingerprint density at radius 2 is 1.56 bits per heavy atom. The quantitative estimate of drug-likeness (QED) is 0.568. The van der Waals surface area contributed by atoms with Gasteiger partial charge in [0.2, 0.25) is 0 Å². The van der Waals surface area contributed by atoms with Crippen molar-refractivity contribution >= 4 is 12.1 Å². The Hall–Kier alpha value is -3.21. The van der Waals surface area contributed by atoms with Gasteiger partial charge in [-0.25, -0.2) is 9.82 Å². The monoisotopic (exact) mass is 335 g/mol. The van der Waals surface area contributed by atoms with E-state index in [1.54, 1.807) is 24.3 Å². The second-order valence-electron chi connectivity index (χ2n) is 5.75. The summed E-state index contributed by atoms with van der Waals surface area (Å²) in [7, 11) is 0. The van der Waals surface area contributed by atoms with Gasteiger partial charge in [-0.15, -0.1) is 0 Å². The summed E-state index contributed by atoms with van der Waals surface area (Å²) in [6, 6.07) is 17.3. The van der Waals surface area contributed by atoms with Gasteiger partial charge in [-0.05, 0) is 67.9 Å². The van der Waals surface area contributed by atoms with Crippen molar-refractivity contribution < 1.29 is 9.18 Å². The Morgan fingerprint density at radius 1 is 0.960 bits per heavy atom. The fourth-order valence-electron chi connectivity index (χ4n) is 2.62. The van der Waals surface area contributed by atoms with E-state index in [0.29, 0.717) is 11.1 Å². The molecule has 1 N–H and O–H groups in total. The molecule has 0 atom stereocenters. The molecule has 3 aromatic rings. The Balaban J connectivity index is 1.68. The first-order chi connectivity index (χ1) is 12.0. The average molecular weight is 335 g/mol. The first kappa shape index (κ1) is 16.6. The maximum Gasteiger partial charge on any atom is 0.271 e. The summed E-state index contributed by atoms with van der Waals surface area (Å²) >= 11 is 0. The minimum atomic E-state index is -0.311. The molecule has 0 radical (unpaired) electrons. The van der Waals surface area contributed by atoms with Crippen LogP contribution in [0.5, 0.6) is 0 Å². The van der Waals surface area contributed by atoms with Crippen LogP contribution in [0.25, 0.3) is 5.69 Å². The van der Waals surface area contributed by atoms with Gasteiger partial charge in [0.15, 0.2) is 0 Å². The summed E-state index contributed by atoms with van der Waals surface area (Å²) in [6.45, 7) is 4.08. The Bertz CT molecular complexity index is 890. The van der Waals surface area contributed by atoms with E-state index in [-0.39, 0.29) is 11.7 Å². The number of carbonyl (C=O) groups excluding carboxylic acids is 1. The number of rotatable bonds is 4. The van der Waals surface area contributed by atoms with Crippen molar-refractivity contribution in [3.8, 4) is 5.69 Å². The van der Waals surface area contributed by atoms with Crippen molar-refractivity contribution in [1.29, 1.82) is 0 Å². The highest BCUT2D eigenvalue weighted by atomic mass is 19.1. The van der Waals surface area contributed by atoms with E-state index < -0.39 is 0 Å². The number of hydrogen-bond donors (Lipinski definition) is 1. The molecule has 1 amide bonds. The summed E-state index contributed by atoms with van der Waals surface area (Å²) < 4.78 is 14.9. The lowest BCUT2D eigenvalue weighted by Crippen LogP contribution is -2.17. The van der Waals surface area contributed by atoms with Crippen LogP contribution < -0.4 is 5.43 Å². The number of hydrogen-bond acceptors (Lipinski definition) is 2. The molecule has 0 spiro atoms. The molecule has 2 aromatic carbocycles. The lowest BCUT2D eigenvalue weighted by molar-refractivity contribution is 0.0955. The largest absolute Gasteiger partial charge is 0.319 e. The smallest absolute Gasteiger partial charge is 0.271 e. The Labute approximate surface area is 145 Å². The topological polar surface area (TPSA) is 46.4 Å². The van der Waals surface area contributed by atoms with Crippen molar-refractivity contribution in [2.24, 2.45) is 5.10 Å². The van der Waals surface area contributed by atoms with Gasteiger partial charge in [-0.2, -0.15) is 5.10 Å². The van der Waals surface area contributed by atoms with E-state index in [1.165, 1.54) is 18.3 Å². The van der Waals surface area contributed by atoms with Crippen LogP contribution in [0.1, 0.15) is 27.3 Å². The van der Waals surface area contributed by atoms with E-state index in [2.05, 4.69) is 27.2 Å². The summed E-state index contributed by atoms with van der Waals surface area (Å²) in [5.41, 5.74) is 6.97. The van der Waals surface area contributed by atoms with Gasteiger partial charge in [-0.1, -0.05) is 12.1 Å². The minimum absolute atomic E-state index is 0.300. The zero-order valence-corrected chi connectivity index (χ0v) is 14.0. The molecular formula is C20H18FN3O. The van der Waals surface area contributed by atoms with E-state index in [9.17, 15) is 9.18 Å². The molecule has 5 heteroatoms. The third-order valence-electron chi connectivity index (χ3n) is 3.91. The van der Waals surface area contributed by atoms with Crippen LogP contribution in [0.3, 0.4) is 0 Å². The molecule has 0 bridgehead atoms. The number of benzene rings is 2. The highest BCUT2D eigenvalue weighted by Crippen LogP contribution is 2.16. The Kier molecular flexibility index (Phi) is 4.75. The SMILES string of the molecule is Cc1ccc(C)n1-c1ccc(C(=O)NN=Cc2ccc(F)cc2)cc1. The lowest BCUT2D eigenvalue weighted by atomic mass is 10.2. The van der Waals surface area contributed by atoms with Crippen molar-refractivity contribution in [3.63, 3.8) is 0 Å². The number of halogens is 1. The third kappa shape index (κ3) is 3.83. The van der Waals surface area contributed by atoms with Crippen LogP contribution in [-0.4, -0.2) is 16.7 Å². The van der Waals surface area contributed by atoms with Gasteiger partial charge < -0.3 is 4.57 Å². The van der Waals surface area contributed by atoms with Gasteiger partial charge in [0.25, 0.3) is 5.91 Å². The normalized spacial score (nSPS) is 11.0. The predicted octanol–water partition coefficient (Wildman–Crippen LogP) is 4.00. The van der Waals surface area contributed by atoms with E-state index >= 15 is 0 Å². The number of aromatic nitrogens is 1. The fourth-order valence-corrected chi connectivity index (χ4v) is 2.62. The minimum Gasteiger partial charge on any atom is -0.319 e. The number of nitrogens with one attached hydrogen (secondary N) is 1. The zero-order chi connectivity index (χ0) is 17.8. The Morgan fingerprint density at radius 3 is 2.16 bits per heavy atom. The van der Waals surface area contributed by atoms with E-state index in [0.717, 1.165) is 17.1 Å². The summed E-state index contributed by atoms with van der Waals surface area (Å²) in [6.07, 6.45) is 1.47. The maximum absolute atomic E-state index is 12.8. The first-order valence-electron chi connectivity index (χ1n) is 7.89. The highest BCUT2D eigenvalue weighted by molar-refractivity contribution is 5.95. The molecule has 0 aliphatic rings. The molecule has 126 valence electrons. The molecule has 0 unspecified atom stereocenters. The molecule has 3 rings (SSSR count). The molecule has 0 aliphatic heterocycles. The molecule has 1 aromatic heterocycles. The summed E-state index contributed by atoms with van der Waals surface area (Å²) in [5.74, 6) is -0.611. The van der Waals surface area contributed by atoms with Crippen molar-refractivity contribution in [3.05, 3.63) is 89.0 Å². The highest BCUT2D eigenvalue weighted by Gasteiger charge is 2.07. The second kappa shape index (κ2) is 7.13. The second-order valence-corrected chi connectivity index (χ2v) is 5.75. The lowest BCUT2D eigenvalue weighted by Gasteiger charge is -2.10. The van der Waals surface area contributed by atoms with Gasteiger partial charge in [-0.3, -0.25) is 4.79 Å². The first-order valence-corrected chi connectivity index (χ1v) is 7.89. The summed E-state index contributed by atoms with van der Waals surface area (Å²) in [4.78, 5) is 12.1. The molecule has 0 saturated heterocycles. The molecule has 0 fully saturated rings. The molecule has 0 aliphatic carbocycles. The van der Waals surface area contributed by atoms with Gasteiger partial charge >= 0.3 is 0 Å². The van der Waals surface area contributed by atoms with Crippen molar-refractivity contribution in [2.45, 2.75) is 13.8 Å². The van der Waals surface area contributed by atoms with E-state index in [4.69, 9.17) is 0 Å². The summed E-state index contributed by atoms with van der Waals surface area (Å²) in [5, 5.41) is 3.90. The van der Waals surface area contributed by atoms with Crippen LogP contribution in [0.4, 0.5) is 4.39 Å². The molecule has 4 nitrogen and oxygen atoms in total. The van der Waals surface area contributed by atoms with Crippen LogP contribution in [0.2, 0.25) is 0 Å². The zero-order valence-electron chi connectivity index (χ0n) is 14.0. The van der Waals surface area contributed by atoms with Crippen molar-refractivity contribution in [2.75, 3.05) is 0 Å². The van der Waals surface area contributed by atoms with Gasteiger partial charge in [0.05, 0.1) is 6.21 Å². The molecule has 25 heavy (non-hydrogen) atoms. The fraction of sp³-hybridized carbons (Fsp3) is 0.100. The third-order valence-corrected chi connectivity index (χ3v) is 3.91.